The summed E-state index contributed by atoms with van der Waals surface area (Å²) in [7, 11) is 0. The van der Waals surface area contributed by atoms with Crippen molar-refractivity contribution in [3.63, 3.8) is 0 Å². The molecule has 1 saturated carbocycles. The van der Waals surface area contributed by atoms with Gasteiger partial charge in [0.1, 0.15) is 0 Å². The Morgan fingerprint density at radius 1 is 1.38 bits per heavy atom. The molecule has 0 amide bonds. The van der Waals surface area contributed by atoms with Crippen molar-refractivity contribution in [3.8, 4) is 0 Å². The maximum Gasteiger partial charge on any atom is 0.0934 e. The Bertz CT molecular complexity index is 199. The highest BCUT2D eigenvalue weighted by Crippen LogP contribution is 2.39. The molecule has 2 N–H and O–H groups in total. The minimum absolute atomic E-state index is 0.192. The molecule has 0 aromatic rings. The lowest BCUT2D eigenvalue weighted by Gasteiger charge is -2.41. The van der Waals surface area contributed by atoms with Crippen LogP contribution >= 0.6 is 11.6 Å². The number of aliphatic hydroxyl groups is 2. The fourth-order valence-electron chi connectivity index (χ4n) is 1.72. The molecule has 76 valence electrons. The Morgan fingerprint density at radius 3 is 2.08 bits per heavy atom. The summed E-state index contributed by atoms with van der Waals surface area (Å²) in [6.45, 7) is 7.43. The standard InChI is InChI=1S/C10H17ClO2/c1-6(2)7-4-8(12)10(3,11)9(13)5-7/h7-9,12-13H,1,4-5H2,2-3H3. The Kier molecular flexibility index (Phi) is 3.05. The van der Waals surface area contributed by atoms with E-state index in [9.17, 15) is 10.2 Å². The molecule has 3 heteroatoms. The van der Waals surface area contributed by atoms with E-state index in [0.29, 0.717) is 12.8 Å². The van der Waals surface area contributed by atoms with Crippen LogP contribution in [-0.4, -0.2) is 27.3 Å². The van der Waals surface area contributed by atoms with Gasteiger partial charge < -0.3 is 10.2 Å². The summed E-state index contributed by atoms with van der Waals surface area (Å²) >= 11 is 6.01. The second-order valence-corrected chi connectivity index (χ2v) is 5.01. The van der Waals surface area contributed by atoms with Gasteiger partial charge in [-0.3, -0.25) is 0 Å². The number of rotatable bonds is 1. The summed E-state index contributed by atoms with van der Waals surface area (Å²) < 4.78 is 0. The topological polar surface area (TPSA) is 40.5 Å². The molecule has 1 aliphatic carbocycles. The van der Waals surface area contributed by atoms with E-state index < -0.39 is 17.1 Å². The van der Waals surface area contributed by atoms with Gasteiger partial charge in [-0.25, -0.2) is 0 Å². The second-order valence-electron chi connectivity index (χ2n) is 4.20. The normalized spacial score (nSPS) is 46.1. The summed E-state index contributed by atoms with van der Waals surface area (Å²) in [4.78, 5) is -0.897. The highest BCUT2D eigenvalue weighted by atomic mass is 35.5. The molecule has 2 atom stereocenters. The molecular weight excluding hydrogens is 188 g/mol. The zero-order chi connectivity index (χ0) is 10.2. The first-order chi connectivity index (χ1) is 5.85. The second kappa shape index (κ2) is 3.60. The van der Waals surface area contributed by atoms with E-state index in [-0.39, 0.29) is 5.92 Å². The number of aliphatic hydroxyl groups excluding tert-OH is 2. The Morgan fingerprint density at radius 2 is 1.77 bits per heavy atom. The molecule has 13 heavy (non-hydrogen) atoms. The molecule has 0 radical (unpaired) electrons. The van der Waals surface area contributed by atoms with Crippen LogP contribution < -0.4 is 0 Å². The van der Waals surface area contributed by atoms with E-state index in [4.69, 9.17) is 11.6 Å². The SMILES string of the molecule is C=C(C)C1CC(O)C(C)(Cl)C(O)C1. The summed E-state index contributed by atoms with van der Waals surface area (Å²) in [6.07, 6.45) is -0.0991. The van der Waals surface area contributed by atoms with Crippen LogP contribution in [0.5, 0.6) is 0 Å². The smallest absolute Gasteiger partial charge is 0.0934 e. The molecule has 0 heterocycles. The molecule has 0 aliphatic heterocycles. The fraction of sp³-hybridized carbons (Fsp3) is 0.800. The average molecular weight is 205 g/mol. The van der Waals surface area contributed by atoms with Crippen molar-refractivity contribution < 1.29 is 10.2 Å². The number of hydrogen-bond acceptors (Lipinski definition) is 2. The molecule has 0 spiro atoms. The van der Waals surface area contributed by atoms with Gasteiger partial charge in [0.15, 0.2) is 0 Å². The summed E-state index contributed by atoms with van der Waals surface area (Å²) in [5, 5.41) is 19.4. The van der Waals surface area contributed by atoms with Crippen molar-refractivity contribution in [2.75, 3.05) is 0 Å². The van der Waals surface area contributed by atoms with Crippen LogP contribution in [0.3, 0.4) is 0 Å². The van der Waals surface area contributed by atoms with E-state index in [0.717, 1.165) is 5.57 Å². The van der Waals surface area contributed by atoms with Crippen molar-refractivity contribution in [3.05, 3.63) is 12.2 Å². The van der Waals surface area contributed by atoms with Gasteiger partial charge >= 0.3 is 0 Å². The number of hydrogen-bond donors (Lipinski definition) is 2. The third kappa shape index (κ3) is 2.06. The molecule has 1 aliphatic rings. The molecule has 0 aromatic carbocycles. The van der Waals surface area contributed by atoms with Crippen LogP contribution in [0.25, 0.3) is 0 Å². The molecule has 0 saturated heterocycles. The number of alkyl halides is 1. The molecule has 1 rings (SSSR count). The third-order valence-electron chi connectivity index (χ3n) is 3.02. The predicted octanol–water partition coefficient (Wildman–Crippen LogP) is 1.69. The zero-order valence-corrected chi connectivity index (χ0v) is 8.88. The van der Waals surface area contributed by atoms with Gasteiger partial charge in [-0.15, -0.1) is 11.6 Å². The van der Waals surface area contributed by atoms with Crippen molar-refractivity contribution in [2.45, 2.75) is 43.8 Å². The molecule has 0 aromatic heterocycles. The van der Waals surface area contributed by atoms with Crippen LogP contribution in [-0.2, 0) is 0 Å². The van der Waals surface area contributed by atoms with Crippen molar-refractivity contribution in [1.29, 1.82) is 0 Å². The largest absolute Gasteiger partial charge is 0.391 e. The van der Waals surface area contributed by atoms with E-state index in [2.05, 4.69) is 6.58 Å². The zero-order valence-electron chi connectivity index (χ0n) is 8.13. The van der Waals surface area contributed by atoms with E-state index in [1.807, 2.05) is 6.92 Å². The van der Waals surface area contributed by atoms with Gasteiger partial charge in [0.2, 0.25) is 0 Å². The maximum absolute atomic E-state index is 9.69. The lowest BCUT2D eigenvalue weighted by molar-refractivity contribution is -0.0139. The Hall–Kier alpha value is -0.0500. The fourth-order valence-corrected chi connectivity index (χ4v) is 1.90. The molecule has 0 bridgehead atoms. The van der Waals surface area contributed by atoms with Crippen LogP contribution in [0.4, 0.5) is 0 Å². The van der Waals surface area contributed by atoms with Crippen molar-refractivity contribution in [1.82, 2.24) is 0 Å². The third-order valence-corrected chi connectivity index (χ3v) is 3.52. The quantitative estimate of drug-likeness (QED) is 0.504. The summed E-state index contributed by atoms with van der Waals surface area (Å²) in [5.41, 5.74) is 1.00. The van der Waals surface area contributed by atoms with Gasteiger partial charge in [0, 0.05) is 0 Å². The van der Waals surface area contributed by atoms with Crippen LogP contribution in [0.2, 0.25) is 0 Å². The monoisotopic (exact) mass is 204 g/mol. The Labute approximate surface area is 84.2 Å². The summed E-state index contributed by atoms with van der Waals surface area (Å²) in [6, 6.07) is 0. The van der Waals surface area contributed by atoms with E-state index >= 15 is 0 Å². The molecule has 1 fully saturated rings. The van der Waals surface area contributed by atoms with E-state index in [1.54, 1.807) is 6.92 Å². The summed E-state index contributed by atoms with van der Waals surface area (Å²) in [5.74, 6) is 0.192. The van der Waals surface area contributed by atoms with Crippen molar-refractivity contribution >= 4 is 11.6 Å². The van der Waals surface area contributed by atoms with Gasteiger partial charge in [-0.2, -0.15) is 0 Å². The number of halogens is 1. The average Bonchev–Trinajstić information content (AvgIpc) is 2.00. The first-order valence-corrected chi connectivity index (χ1v) is 4.94. The van der Waals surface area contributed by atoms with Gasteiger partial charge in [-0.1, -0.05) is 12.2 Å². The van der Waals surface area contributed by atoms with Gasteiger partial charge in [-0.05, 0) is 32.6 Å². The predicted molar refractivity (Wildman–Crippen MR) is 53.8 cm³/mol. The molecular formula is C10H17ClO2. The lowest BCUT2D eigenvalue weighted by Crippen LogP contribution is -2.50. The van der Waals surface area contributed by atoms with E-state index in [1.165, 1.54) is 0 Å². The Balaban J connectivity index is 2.73. The minimum Gasteiger partial charge on any atom is -0.391 e. The first-order valence-electron chi connectivity index (χ1n) is 4.56. The lowest BCUT2D eigenvalue weighted by atomic mass is 9.75. The first kappa shape index (κ1) is 11.0. The van der Waals surface area contributed by atoms with Crippen molar-refractivity contribution in [2.24, 2.45) is 5.92 Å². The highest BCUT2D eigenvalue weighted by Gasteiger charge is 2.44. The van der Waals surface area contributed by atoms with Crippen LogP contribution in [0.15, 0.2) is 12.2 Å². The van der Waals surface area contributed by atoms with Gasteiger partial charge in [0.05, 0.1) is 17.1 Å². The van der Waals surface area contributed by atoms with Crippen LogP contribution in [0, 0.1) is 5.92 Å². The molecule has 2 unspecified atom stereocenters. The minimum atomic E-state index is -0.897. The number of allylic oxidation sites excluding steroid dienone is 1. The van der Waals surface area contributed by atoms with Crippen LogP contribution in [0.1, 0.15) is 26.7 Å². The van der Waals surface area contributed by atoms with Gasteiger partial charge in [0.25, 0.3) is 0 Å². The maximum atomic E-state index is 9.69. The highest BCUT2D eigenvalue weighted by molar-refractivity contribution is 6.24. The molecule has 2 nitrogen and oxygen atoms in total.